The fraction of sp³-hybridized carbons (Fsp3) is 0.818. The maximum absolute atomic E-state index is 6.03. The smallest absolute Gasteiger partial charge is 0.0696 e. The van der Waals surface area contributed by atoms with Gasteiger partial charge >= 0.3 is 0 Å². The lowest BCUT2D eigenvalue weighted by atomic mass is 9.86. The molecule has 1 aliphatic rings. The fourth-order valence-corrected chi connectivity index (χ4v) is 2.11. The molecule has 1 heteroatoms. The Balaban J connectivity index is 2.60. The van der Waals surface area contributed by atoms with Gasteiger partial charge in [-0.25, -0.2) is 0 Å². The fourth-order valence-electron chi connectivity index (χ4n) is 2.11. The molecule has 0 saturated carbocycles. The first-order valence-electron chi connectivity index (χ1n) is 4.79. The third-order valence-corrected chi connectivity index (χ3v) is 2.58. The Kier molecular flexibility index (Phi) is 2.62. The Bertz CT molecular complexity index is 172. The van der Waals surface area contributed by atoms with Gasteiger partial charge in [-0.1, -0.05) is 6.08 Å². The van der Waals surface area contributed by atoms with Gasteiger partial charge in [-0.2, -0.15) is 0 Å². The van der Waals surface area contributed by atoms with Crippen molar-refractivity contribution in [1.82, 2.24) is 0 Å². The van der Waals surface area contributed by atoms with Gasteiger partial charge < -0.3 is 4.74 Å². The molecule has 0 aromatic rings. The summed E-state index contributed by atoms with van der Waals surface area (Å²) in [6.07, 6.45) is 6.55. The van der Waals surface area contributed by atoms with E-state index in [4.69, 9.17) is 4.74 Å². The lowest BCUT2D eigenvalue weighted by Gasteiger charge is -2.43. The van der Waals surface area contributed by atoms with E-state index < -0.39 is 0 Å². The molecule has 12 heavy (non-hydrogen) atoms. The summed E-state index contributed by atoms with van der Waals surface area (Å²) in [5.41, 5.74) is 0.111. The zero-order valence-electron chi connectivity index (χ0n) is 8.52. The predicted molar refractivity (Wildman–Crippen MR) is 52.2 cm³/mol. The highest BCUT2D eigenvalue weighted by atomic mass is 16.5. The highest BCUT2D eigenvalue weighted by Gasteiger charge is 2.35. The van der Waals surface area contributed by atoms with Gasteiger partial charge in [-0.15, -0.1) is 6.58 Å². The van der Waals surface area contributed by atoms with Gasteiger partial charge in [0.25, 0.3) is 0 Å². The molecule has 70 valence electrons. The molecule has 1 aliphatic heterocycles. The van der Waals surface area contributed by atoms with Crippen molar-refractivity contribution in [2.45, 2.75) is 57.7 Å². The first-order valence-corrected chi connectivity index (χ1v) is 4.79. The van der Waals surface area contributed by atoms with Crippen LogP contribution in [0.3, 0.4) is 0 Å². The van der Waals surface area contributed by atoms with Gasteiger partial charge in [0, 0.05) is 0 Å². The molecule has 0 aliphatic carbocycles. The summed E-state index contributed by atoms with van der Waals surface area (Å²) in [4.78, 5) is 0. The van der Waals surface area contributed by atoms with Crippen LogP contribution in [0.25, 0.3) is 0 Å². The molecule has 1 nitrogen and oxygen atoms in total. The number of ether oxygens (including phenoxy) is 1. The standard InChI is InChI=1S/C11H20O/c1-5-7-11(4)9-6-8-10(2,3)12-11/h5H,1,6-9H2,2-4H3. The topological polar surface area (TPSA) is 9.23 Å². The van der Waals surface area contributed by atoms with Crippen LogP contribution in [-0.2, 0) is 4.74 Å². The van der Waals surface area contributed by atoms with E-state index >= 15 is 0 Å². The zero-order valence-corrected chi connectivity index (χ0v) is 8.52. The largest absolute Gasteiger partial charge is 0.369 e. The zero-order chi connectivity index (χ0) is 9.24. The summed E-state index contributed by atoms with van der Waals surface area (Å²) >= 11 is 0. The molecule has 1 atom stereocenters. The van der Waals surface area contributed by atoms with Gasteiger partial charge in [0.2, 0.25) is 0 Å². The Morgan fingerprint density at radius 3 is 2.50 bits per heavy atom. The Labute approximate surface area is 75.8 Å². The van der Waals surface area contributed by atoms with E-state index in [0.29, 0.717) is 0 Å². The minimum Gasteiger partial charge on any atom is -0.369 e. The normalized spacial score (nSPS) is 34.6. The minimum atomic E-state index is 0.0451. The van der Waals surface area contributed by atoms with Crippen molar-refractivity contribution in [1.29, 1.82) is 0 Å². The van der Waals surface area contributed by atoms with E-state index in [9.17, 15) is 0 Å². The van der Waals surface area contributed by atoms with Crippen LogP contribution in [0.1, 0.15) is 46.5 Å². The Morgan fingerprint density at radius 2 is 2.00 bits per heavy atom. The lowest BCUT2D eigenvalue weighted by Crippen LogP contribution is -2.43. The van der Waals surface area contributed by atoms with Crippen LogP contribution in [-0.4, -0.2) is 11.2 Å². The molecular weight excluding hydrogens is 148 g/mol. The van der Waals surface area contributed by atoms with Crippen LogP contribution in [0.5, 0.6) is 0 Å². The van der Waals surface area contributed by atoms with Crippen LogP contribution < -0.4 is 0 Å². The third kappa shape index (κ3) is 2.34. The van der Waals surface area contributed by atoms with Crippen molar-refractivity contribution >= 4 is 0 Å². The monoisotopic (exact) mass is 168 g/mol. The summed E-state index contributed by atoms with van der Waals surface area (Å²) in [7, 11) is 0. The van der Waals surface area contributed by atoms with E-state index in [1.165, 1.54) is 19.3 Å². The molecule has 0 bridgehead atoms. The number of rotatable bonds is 2. The molecule has 1 rings (SSSR count). The van der Waals surface area contributed by atoms with E-state index in [-0.39, 0.29) is 11.2 Å². The molecule has 0 radical (unpaired) electrons. The average molecular weight is 168 g/mol. The maximum atomic E-state index is 6.03. The number of hydrogen-bond acceptors (Lipinski definition) is 1. The molecule has 1 saturated heterocycles. The average Bonchev–Trinajstić information content (AvgIpc) is 1.83. The van der Waals surface area contributed by atoms with Crippen molar-refractivity contribution in [3.05, 3.63) is 12.7 Å². The van der Waals surface area contributed by atoms with E-state index in [1.54, 1.807) is 0 Å². The second-order valence-corrected chi connectivity index (χ2v) is 4.66. The van der Waals surface area contributed by atoms with Crippen LogP contribution in [0, 0.1) is 0 Å². The van der Waals surface area contributed by atoms with Crippen molar-refractivity contribution < 1.29 is 4.74 Å². The summed E-state index contributed by atoms with van der Waals surface area (Å²) in [6.45, 7) is 10.3. The van der Waals surface area contributed by atoms with E-state index in [1.807, 2.05) is 6.08 Å². The third-order valence-electron chi connectivity index (χ3n) is 2.58. The molecular formula is C11H20O. The second kappa shape index (κ2) is 3.21. The van der Waals surface area contributed by atoms with Gasteiger partial charge in [0.1, 0.15) is 0 Å². The van der Waals surface area contributed by atoms with Crippen LogP contribution in [0.4, 0.5) is 0 Å². The molecule has 1 heterocycles. The summed E-state index contributed by atoms with van der Waals surface area (Å²) in [5, 5.41) is 0. The molecule has 1 unspecified atom stereocenters. The molecule has 0 spiro atoms. The van der Waals surface area contributed by atoms with E-state index in [0.717, 1.165) is 6.42 Å². The summed E-state index contributed by atoms with van der Waals surface area (Å²) in [6, 6.07) is 0. The van der Waals surface area contributed by atoms with Gasteiger partial charge in [0.05, 0.1) is 11.2 Å². The maximum Gasteiger partial charge on any atom is 0.0696 e. The highest BCUT2D eigenvalue weighted by Crippen LogP contribution is 2.36. The summed E-state index contributed by atoms with van der Waals surface area (Å²) in [5.74, 6) is 0. The first kappa shape index (κ1) is 9.79. The van der Waals surface area contributed by atoms with Crippen molar-refractivity contribution in [3.8, 4) is 0 Å². The van der Waals surface area contributed by atoms with Crippen LogP contribution in [0.15, 0.2) is 12.7 Å². The second-order valence-electron chi connectivity index (χ2n) is 4.66. The molecule has 0 aromatic carbocycles. The van der Waals surface area contributed by atoms with Gasteiger partial charge in [0.15, 0.2) is 0 Å². The van der Waals surface area contributed by atoms with E-state index in [2.05, 4.69) is 27.4 Å². The van der Waals surface area contributed by atoms with Crippen molar-refractivity contribution in [3.63, 3.8) is 0 Å². The van der Waals surface area contributed by atoms with Crippen LogP contribution in [0.2, 0.25) is 0 Å². The SMILES string of the molecule is C=CCC1(C)CCCC(C)(C)O1. The predicted octanol–water partition coefficient (Wildman–Crippen LogP) is 3.30. The Morgan fingerprint density at radius 1 is 1.33 bits per heavy atom. The minimum absolute atomic E-state index is 0.0451. The number of hydrogen-bond donors (Lipinski definition) is 0. The molecule has 0 N–H and O–H groups in total. The lowest BCUT2D eigenvalue weighted by molar-refractivity contribution is -0.162. The highest BCUT2D eigenvalue weighted by molar-refractivity contribution is 4.91. The first-order chi connectivity index (χ1) is 5.47. The Hall–Kier alpha value is -0.300. The molecule has 0 aromatic heterocycles. The van der Waals surface area contributed by atoms with Crippen LogP contribution >= 0.6 is 0 Å². The molecule has 0 amide bonds. The van der Waals surface area contributed by atoms with Crippen molar-refractivity contribution in [2.75, 3.05) is 0 Å². The van der Waals surface area contributed by atoms with Gasteiger partial charge in [-0.3, -0.25) is 0 Å². The van der Waals surface area contributed by atoms with Gasteiger partial charge in [-0.05, 0) is 46.5 Å². The molecule has 1 fully saturated rings. The summed E-state index contributed by atoms with van der Waals surface area (Å²) < 4.78 is 6.03. The van der Waals surface area contributed by atoms with Crippen molar-refractivity contribution in [2.24, 2.45) is 0 Å². The quantitative estimate of drug-likeness (QED) is 0.575.